The smallest absolute Gasteiger partial charge is 0.128 e. The Morgan fingerprint density at radius 3 is 1.84 bits per heavy atom. The summed E-state index contributed by atoms with van der Waals surface area (Å²) in [6.07, 6.45) is 5.26. The first-order chi connectivity index (χ1) is 20.7. The van der Waals surface area contributed by atoms with Gasteiger partial charge in [0.15, 0.2) is 0 Å². The zero-order valence-electron chi connectivity index (χ0n) is 25.2. The normalized spacial score (nSPS) is 11.5. The summed E-state index contributed by atoms with van der Waals surface area (Å²) in [4.78, 5) is 10.3. The van der Waals surface area contributed by atoms with Crippen molar-refractivity contribution in [3.05, 3.63) is 91.4 Å². The molecule has 1 atom stereocenters. The SMILES string of the molecule is CN(C)CCOc1cccc2[nH]ccc12.CN(C)CCOc1cccc2c1ccn2S(=O)[O-].Oc1cccc2[nH]ccc12.[Ar]. The summed E-state index contributed by atoms with van der Waals surface area (Å²) < 4.78 is 34.6. The standard InChI is InChI=1S/C12H16N2O3S.C12H16N2O.C8H7NO.Ar/c1-13(2)8-9-17-12-5-3-4-11-10(12)6-7-14(11)18(15)16;1-14(2)8-9-15-12-5-3-4-11-10(12)6-7-13-11;10-8-3-1-2-7-6(8)4-5-9-7;/h3-7H,8-9H2,1-2H3,(H,15,16);3-7,13H,8-9H2,1-2H3;1-5,9-10H;/p-1. The zero-order valence-corrected chi connectivity index (χ0v) is 26.7. The summed E-state index contributed by atoms with van der Waals surface area (Å²) in [6.45, 7) is 3.03. The molecular weight excluding hydrogens is 606 g/mol. The molecule has 12 heteroatoms. The fourth-order valence-corrected chi connectivity index (χ4v) is 4.78. The Kier molecular flexibility index (Phi) is 14.1. The van der Waals surface area contributed by atoms with E-state index in [1.807, 2.05) is 94.0 Å². The number of aromatic nitrogens is 3. The Morgan fingerprint density at radius 2 is 1.27 bits per heavy atom. The molecule has 6 rings (SSSR count). The Bertz CT molecular complexity index is 1760. The number of nitrogens with zero attached hydrogens (tertiary/aromatic N) is 3. The van der Waals surface area contributed by atoms with Gasteiger partial charge in [0.1, 0.15) is 30.5 Å². The van der Waals surface area contributed by atoms with Crippen molar-refractivity contribution in [2.75, 3.05) is 54.5 Å². The topological polar surface area (TPSA) is 122 Å². The average molecular weight is 645 g/mol. The summed E-state index contributed by atoms with van der Waals surface area (Å²) in [5.74, 6) is 1.99. The van der Waals surface area contributed by atoms with Crippen LogP contribution in [0.15, 0.2) is 91.4 Å². The van der Waals surface area contributed by atoms with Crippen molar-refractivity contribution in [1.82, 2.24) is 23.7 Å². The van der Waals surface area contributed by atoms with Crippen molar-refractivity contribution in [2.24, 2.45) is 0 Å². The number of phenols is 1. The molecule has 10 nitrogen and oxygen atoms in total. The fraction of sp³-hybridized carbons (Fsp3) is 0.250. The van der Waals surface area contributed by atoms with Crippen LogP contribution in [0.3, 0.4) is 0 Å². The van der Waals surface area contributed by atoms with Crippen molar-refractivity contribution < 1.29 is 61.1 Å². The third-order valence-electron chi connectivity index (χ3n) is 6.54. The van der Waals surface area contributed by atoms with Crippen LogP contribution in [0.25, 0.3) is 32.7 Å². The van der Waals surface area contributed by atoms with Crippen molar-refractivity contribution in [1.29, 1.82) is 0 Å². The maximum absolute atomic E-state index is 11.0. The number of phenolic OH excluding ortho intramolecular Hbond substituents is 1. The van der Waals surface area contributed by atoms with Crippen LogP contribution < -0.4 is 9.47 Å². The second kappa shape index (κ2) is 17.5. The molecule has 3 N–H and O–H groups in total. The zero-order chi connectivity index (χ0) is 30.8. The predicted octanol–water partition coefficient (Wildman–Crippen LogP) is 5.21. The molecule has 0 bridgehead atoms. The summed E-state index contributed by atoms with van der Waals surface area (Å²) in [5.41, 5.74) is 2.73. The van der Waals surface area contributed by atoms with Crippen LogP contribution in [0.4, 0.5) is 0 Å². The largest absolute Gasteiger partial charge is 0.755 e. The molecule has 236 valence electrons. The molecular formula is C32H38ArN5O5S-. The summed E-state index contributed by atoms with van der Waals surface area (Å²) in [6, 6.07) is 22.5. The molecule has 3 heterocycles. The van der Waals surface area contributed by atoms with Gasteiger partial charge in [0.25, 0.3) is 0 Å². The number of hydrogen-bond donors (Lipinski definition) is 3. The van der Waals surface area contributed by atoms with E-state index in [9.17, 15) is 13.9 Å². The van der Waals surface area contributed by atoms with Crippen molar-refractivity contribution >= 4 is 44.0 Å². The summed E-state index contributed by atoms with van der Waals surface area (Å²) in [5, 5.41) is 12.1. The number of aromatic amines is 2. The van der Waals surface area contributed by atoms with Crippen molar-refractivity contribution in [2.45, 2.75) is 0 Å². The maximum atomic E-state index is 11.0. The van der Waals surface area contributed by atoms with E-state index in [2.05, 4.69) is 14.9 Å². The van der Waals surface area contributed by atoms with Crippen LogP contribution in [-0.2, 0) is 11.3 Å². The van der Waals surface area contributed by atoms with E-state index in [1.54, 1.807) is 24.3 Å². The van der Waals surface area contributed by atoms with Crippen LogP contribution in [0.2, 0.25) is 0 Å². The first-order valence-electron chi connectivity index (χ1n) is 13.8. The number of benzene rings is 3. The third-order valence-corrected chi connectivity index (χ3v) is 7.18. The average Bonchev–Trinajstić information content (AvgIpc) is 3.74. The number of hydrogen-bond acceptors (Lipinski definition) is 7. The number of rotatable bonds is 9. The molecule has 0 radical (unpaired) electrons. The van der Waals surface area contributed by atoms with Crippen molar-refractivity contribution in [3.63, 3.8) is 0 Å². The Balaban J connectivity index is 0.000000185. The minimum absolute atomic E-state index is 0. The summed E-state index contributed by atoms with van der Waals surface area (Å²) >= 11 is -2.29. The van der Waals surface area contributed by atoms with Crippen LogP contribution in [0.1, 0.15) is 0 Å². The molecule has 0 fully saturated rings. The van der Waals surface area contributed by atoms with Gasteiger partial charge < -0.3 is 38.9 Å². The van der Waals surface area contributed by atoms with Gasteiger partial charge in [0.05, 0.1) is 16.8 Å². The Hall–Kier alpha value is -3.03. The van der Waals surface area contributed by atoms with E-state index < -0.39 is 11.3 Å². The molecule has 0 aliphatic heterocycles. The minimum atomic E-state index is -2.29. The van der Waals surface area contributed by atoms with Gasteiger partial charge >= 0.3 is 0 Å². The van der Waals surface area contributed by atoms with Gasteiger partial charge in [-0.3, -0.25) is 8.18 Å². The molecule has 3 aromatic carbocycles. The summed E-state index contributed by atoms with van der Waals surface area (Å²) in [7, 11) is 8.03. The maximum Gasteiger partial charge on any atom is 0.128 e. The first-order valence-corrected chi connectivity index (χ1v) is 14.8. The molecule has 0 saturated carbocycles. The van der Waals surface area contributed by atoms with E-state index in [0.717, 1.165) is 52.6 Å². The molecule has 0 aliphatic carbocycles. The van der Waals surface area contributed by atoms with E-state index >= 15 is 0 Å². The number of likely N-dealkylation sites (N-methyl/N-ethyl adjacent to an activating group) is 2. The Morgan fingerprint density at radius 1 is 0.750 bits per heavy atom. The third kappa shape index (κ3) is 9.73. The molecule has 3 aromatic heterocycles. The van der Waals surface area contributed by atoms with Gasteiger partial charge in [-0.1, -0.05) is 18.2 Å². The quantitative estimate of drug-likeness (QED) is 0.185. The number of aromatic hydroxyl groups is 1. The molecule has 6 aromatic rings. The first kappa shape index (κ1) is 35.4. The van der Waals surface area contributed by atoms with E-state index in [-0.39, 0.29) is 37.7 Å². The van der Waals surface area contributed by atoms with E-state index in [1.165, 1.54) is 10.2 Å². The van der Waals surface area contributed by atoms with Crippen LogP contribution in [0, 0.1) is 37.7 Å². The molecule has 0 saturated heterocycles. The fourth-order valence-electron chi connectivity index (χ4n) is 4.30. The molecule has 0 amide bonds. The number of H-pyrrole nitrogens is 2. The van der Waals surface area contributed by atoms with Crippen LogP contribution in [0.5, 0.6) is 17.2 Å². The second-order valence-electron chi connectivity index (χ2n) is 10.3. The number of fused-ring (bicyclic) bond motifs is 3. The molecule has 0 spiro atoms. The molecule has 1 unspecified atom stereocenters. The Labute approximate surface area is 290 Å². The number of nitrogens with one attached hydrogen (secondary N) is 2. The second-order valence-corrected chi connectivity index (χ2v) is 11.1. The molecule has 0 aliphatic rings. The van der Waals surface area contributed by atoms with Gasteiger partial charge in [-0.15, -0.1) is 0 Å². The van der Waals surface area contributed by atoms with E-state index in [4.69, 9.17) is 9.47 Å². The van der Waals surface area contributed by atoms with Gasteiger partial charge in [0.2, 0.25) is 0 Å². The van der Waals surface area contributed by atoms with Gasteiger partial charge in [0, 0.05) is 96.6 Å². The number of ether oxygens (including phenoxy) is 2. The van der Waals surface area contributed by atoms with Crippen LogP contribution in [-0.4, -0.2) is 92.1 Å². The monoisotopic (exact) mass is 644 g/mol. The van der Waals surface area contributed by atoms with E-state index in [0.29, 0.717) is 23.6 Å². The van der Waals surface area contributed by atoms with Gasteiger partial charge in [-0.05, 0) is 82.8 Å². The van der Waals surface area contributed by atoms with Gasteiger partial charge in [-0.2, -0.15) is 0 Å². The van der Waals surface area contributed by atoms with Crippen molar-refractivity contribution in [3.8, 4) is 17.2 Å². The minimum Gasteiger partial charge on any atom is -0.755 e. The van der Waals surface area contributed by atoms with Gasteiger partial charge in [-0.25, -0.2) is 0 Å². The predicted molar refractivity (Wildman–Crippen MR) is 173 cm³/mol. The molecule has 44 heavy (non-hydrogen) atoms. The van der Waals surface area contributed by atoms with Crippen LogP contribution >= 0.6 is 0 Å².